The van der Waals surface area contributed by atoms with Crippen molar-refractivity contribution in [3.8, 4) is 0 Å². The van der Waals surface area contributed by atoms with E-state index in [9.17, 15) is 9.59 Å². The summed E-state index contributed by atoms with van der Waals surface area (Å²) >= 11 is 0. The molecule has 1 aromatic rings. The van der Waals surface area contributed by atoms with E-state index in [1.807, 2.05) is 0 Å². The molecule has 9 heteroatoms. The average molecular weight is 310 g/mol. The van der Waals surface area contributed by atoms with Gasteiger partial charge in [0.1, 0.15) is 6.54 Å². The molecule has 0 unspecified atom stereocenters. The smallest absolute Gasteiger partial charge is 0.322 e. The van der Waals surface area contributed by atoms with Crippen molar-refractivity contribution in [3.63, 3.8) is 0 Å². The highest BCUT2D eigenvalue weighted by Crippen LogP contribution is 2.16. The summed E-state index contributed by atoms with van der Waals surface area (Å²) in [5.74, 6) is 0.570. The van der Waals surface area contributed by atoms with E-state index in [-0.39, 0.29) is 25.1 Å². The van der Waals surface area contributed by atoms with E-state index >= 15 is 0 Å². The Morgan fingerprint density at radius 1 is 1.41 bits per heavy atom. The number of nitrogens with zero attached hydrogens (tertiary/aromatic N) is 5. The summed E-state index contributed by atoms with van der Waals surface area (Å²) in [6.45, 7) is 1.58. The maximum atomic E-state index is 12.2. The van der Waals surface area contributed by atoms with Crippen LogP contribution in [0.25, 0.3) is 0 Å². The molecule has 1 aliphatic heterocycles. The summed E-state index contributed by atoms with van der Waals surface area (Å²) in [5, 5.41) is 19.3. The minimum Gasteiger partial charge on any atom is -0.396 e. The van der Waals surface area contributed by atoms with Crippen molar-refractivity contribution in [2.45, 2.75) is 19.4 Å². The molecule has 0 spiro atoms. The van der Waals surface area contributed by atoms with Gasteiger partial charge < -0.3 is 14.9 Å². The fourth-order valence-corrected chi connectivity index (χ4v) is 2.26. The van der Waals surface area contributed by atoms with Crippen molar-refractivity contribution in [2.75, 3.05) is 39.1 Å². The minimum absolute atomic E-state index is 0.0354. The Morgan fingerprint density at radius 2 is 2.09 bits per heavy atom. The zero-order chi connectivity index (χ0) is 16.1. The lowest BCUT2D eigenvalue weighted by atomic mass is 9.98. The quantitative estimate of drug-likeness (QED) is 0.788. The molecule has 1 aromatic heterocycles. The summed E-state index contributed by atoms with van der Waals surface area (Å²) in [6, 6.07) is -0.301. The highest BCUT2D eigenvalue weighted by molar-refractivity contribution is 5.87. The van der Waals surface area contributed by atoms with E-state index in [4.69, 9.17) is 5.11 Å². The molecule has 2 rings (SSSR count). The second kappa shape index (κ2) is 7.21. The van der Waals surface area contributed by atoms with Gasteiger partial charge in [-0.3, -0.25) is 10.1 Å². The molecule has 1 fully saturated rings. The number of aromatic nitrogens is 3. The number of carbonyl (C=O) groups is 2. The Bertz CT molecular complexity index is 522. The van der Waals surface area contributed by atoms with Gasteiger partial charge in [0.25, 0.3) is 0 Å². The van der Waals surface area contributed by atoms with Crippen LogP contribution in [0.2, 0.25) is 0 Å². The molecule has 1 saturated heterocycles. The molecule has 0 atom stereocenters. The van der Waals surface area contributed by atoms with Crippen molar-refractivity contribution in [2.24, 2.45) is 5.92 Å². The van der Waals surface area contributed by atoms with Gasteiger partial charge in [0.2, 0.25) is 5.91 Å². The predicted octanol–water partition coefficient (Wildman–Crippen LogP) is -0.397. The molecule has 2 N–H and O–H groups in total. The van der Waals surface area contributed by atoms with Crippen LogP contribution in [0.4, 0.5) is 10.6 Å². The highest BCUT2D eigenvalue weighted by atomic mass is 16.3. The molecule has 0 saturated carbocycles. The summed E-state index contributed by atoms with van der Waals surface area (Å²) in [6.07, 6.45) is 3.17. The number of urea groups is 1. The normalized spacial score (nSPS) is 15.7. The van der Waals surface area contributed by atoms with Gasteiger partial charge in [0.05, 0.1) is 6.20 Å². The third-order valence-electron chi connectivity index (χ3n) is 3.70. The third-order valence-corrected chi connectivity index (χ3v) is 3.70. The number of anilines is 1. The molecule has 3 amide bonds. The van der Waals surface area contributed by atoms with Gasteiger partial charge in [0, 0.05) is 33.8 Å². The van der Waals surface area contributed by atoms with Crippen LogP contribution in [0.5, 0.6) is 0 Å². The maximum Gasteiger partial charge on any atom is 0.322 e. The molecule has 0 radical (unpaired) electrons. The van der Waals surface area contributed by atoms with Crippen LogP contribution in [0.3, 0.4) is 0 Å². The number of piperidine rings is 1. The van der Waals surface area contributed by atoms with Crippen molar-refractivity contribution < 1.29 is 14.7 Å². The van der Waals surface area contributed by atoms with Gasteiger partial charge in [-0.05, 0) is 18.8 Å². The summed E-state index contributed by atoms with van der Waals surface area (Å²) < 4.78 is 1.41. The van der Waals surface area contributed by atoms with Gasteiger partial charge in [0.15, 0.2) is 5.82 Å². The fourth-order valence-electron chi connectivity index (χ4n) is 2.26. The molecule has 2 heterocycles. The van der Waals surface area contributed by atoms with Crippen LogP contribution in [0.15, 0.2) is 6.20 Å². The van der Waals surface area contributed by atoms with E-state index in [1.165, 1.54) is 15.8 Å². The van der Waals surface area contributed by atoms with E-state index < -0.39 is 0 Å². The number of amides is 3. The molecule has 122 valence electrons. The van der Waals surface area contributed by atoms with Crippen molar-refractivity contribution in [3.05, 3.63) is 6.20 Å². The monoisotopic (exact) mass is 310 g/mol. The number of nitrogens with one attached hydrogen (secondary N) is 1. The Labute approximate surface area is 128 Å². The first kappa shape index (κ1) is 16.2. The lowest BCUT2D eigenvalue weighted by Crippen LogP contribution is -2.40. The molecular formula is C13H22N6O3. The second-order valence-electron chi connectivity index (χ2n) is 5.63. The molecule has 1 aliphatic rings. The number of aliphatic hydroxyl groups excluding tert-OH is 1. The van der Waals surface area contributed by atoms with Crippen LogP contribution >= 0.6 is 0 Å². The minimum atomic E-state index is -0.301. The maximum absolute atomic E-state index is 12.2. The van der Waals surface area contributed by atoms with Crippen LogP contribution < -0.4 is 5.32 Å². The summed E-state index contributed by atoms with van der Waals surface area (Å²) in [4.78, 5) is 26.8. The van der Waals surface area contributed by atoms with E-state index in [0.717, 1.165) is 12.8 Å². The van der Waals surface area contributed by atoms with Crippen LogP contribution in [0, 0.1) is 5.92 Å². The van der Waals surface area contributed by atoms with Crippen molar-refractivity contribution in [1.82, 2.24) is 24.8 Å². The first-order valence-electron chi connectivity index (χ1n) is 7.26. The molecule has 9 nitrogen and oxygen atoms in total. The highest BCUT2D eigenvalue weighted by Gasteiger charge is 2.22. The van der Waals surface area contributed by atoms with E-state index in [0.29, 0.717) is 24.8 Å². The first-order valence-corrected chi connectivity index (χ1v) is 7.26. The van der Waals surface area contributed by atoms with Gasteiger partial charge in [-0.15, -0.1) is 5.10 Å². The van der Waals surface area contributed by atoms with Gasteiger partial charge >= 0.3 is 6.03 Å². The van der Waals surface area contributed by atoms with Crippen LogP contribution in [-0.4, -0.2) is 75.6 Å². The molecule has 0 aliphatic carbocycles. The Hall–Kier alpha value is -2.16. The third kappa shape index (κ3) is 4.17. The molecule has 0 aromatic carbocycles. The van der Waals surface area contributed by atoms with Crippen molar-refractivity contribution in [1.29, 1.82) is 0 Å². The average Bonchev–Trinajstić information content (AvgIpc) is 2.94. The number of likely N-dealkylation sites (tertiary alicyclic amines) is 1. The van der Waals surface area contributed by atoms with Crippen LogP contribution in [0.1, 0.15) is 12.8 Å². The molecular weight excluding hydrogens is 288 g/mol. The number of hydrogen-bond donors (Lipinski definition) is 2. The zero-order valence-electron chi connectivity index (χ0n) is 12.9. The van der Waals surface area contributed by atoms with Gasteiger partial charge in [-0.2, -0.15) is 0 Å². The van der Waals surface area contributed by atoms with Gasteiger partial charge in [-0.25, -0.2) is 9.48 Å². The first-order chi connectivity index (χ1) is 10.5. The number of rotatable bonds is 4. The Morgan fingerprint density at radius 3 is 2.68 bits per heavy atom. The second-order valence-corrected chi connectivity index (χ2v) is 5.63. The van der Waals surface area contributed by atoms with E-state index in [2.05, 4.69) is 15.6 Å². The van der Waals surface area contributed by atoms with E-state index in [1.54, 1.807) is 19.0 Å². The predicted molar refractivity (Wildman–Crippen MR) is 79.1 cm³/mol. The topological polar surface area (TPSA) is 104 Å². The number of hydrogen-bond acceptors (Lipinski definition) is 5. The number of aliphatic hydroxyl groups is 1. The fraction of sp³-hybridized carbons (Fsp3) is 0.692. The van der Waals surface area contributed by atoms with Crippen LogP contribution in [-0.2, 0) is 11.3 Å². The lowest BCUT2D eigenvalue weighted by Gasteiger charge is -2.31. The summed E-state index contributed by atoms with van der Waals surface area (Å²) in [5.41, 5.74) is 0. The summed E-state index contributed by atoms with van der Waals surface area (Å²) in [7, 11) is 3.25. The Kier molecular flexibility index (Phi) is 5.31. The van der Waals surface area contributed by atoms with Gasteiger partial charge in [-0.1, -0.05) is 5.21 Å². The molecule has 0 bridgehead atoms. The van der Waals surface area contributed by atoms with Crippen molar-refractivity contribution >= 4 is 17.8 Å². The molecule has 22 heavy (non-hydrogen) atoms. The Balaban J connectivity index is 1.85. The lowest BCUT2D eigenvalue weighted by molar-refractivity contribution is -0.133. The SMILES string of the molecule is CN(C)C(=O)Nc1cn(CC(=O)N2CCC(CO)CC2)nn1. The zero-order valence-corrected chi connectivity index (χ0v) is 12.9. The standard InChI is InChI=1S/C13H22N6O3/c1-17(2)13(22)14-11-7-19(16-15-11)8-12(21)18-5-3-10(9-20)4-6-18/h7,10,20H,3-6,8-9H2,1-2H3,(H,14,22). The number of carbonyl (C=O) groups excluding carboxylic acids is 2. The largest absolute Gasteiger partial charge is 0.396 e.